The van der Waals surface area contributed by atoms with Crippen LogP contribution in [0.1, 0.15) is 87.1 Å². The Morgan fingerprint density at radius 3 is 2.29 bits per heavy atom. The van der Waals surface area contributed by atoms with Crippen LogP contribution in [0.15, 0.2) is 30.6 Å². The molecule has 2 atom stereocenters. The summed E-state index contributed by atoms with van der Waals surface area (Å²) >= 11 is 6.40. The first-order chi connectivity index (χ1) is 16.2. The second-order valence-corrected chi connectivity index (χ2v) is 9.48. The van der Waals surface area contributed by atoms with E-state index in [4.69, 9.17) is 22.1 Å². The van der Waals surface area contributed by atoms with Gasteiger partial charge in [-0.05, 0) is 66.9 Å². The number of nitrogen functional groups attached to an aromatic ring is 1. The summed E-state index contributed by atoms with van der Waals surface area (Å²) in [5.41, 5.74) is 16.0. The van der Waals surface area contributed by atoms with Crippen LogP contribution in [0.4, 0.5) is 5.69 Å². The molecule has 2 unspecified atom stereocenters. The molecule has 0 spiro atoms. The first-order valence-electron chi connectivity index (χ1n) is 12.0. The number of benzene rings is 1. The molecule has 1 aromatic carbocycles. The van der Waals surface area contributed by atoms with Crippen LogP contribution in [0.3, 0.4) is 0 Å². The molecule has 1 aliphatic carbocycles. The first kappa shape index (κ1) is 29.2. The van der Waals surface area contributed by atoms with Gasteiger partial charge in [-0.25, -0.2) is 0 Å². The van der Waals surface area contributed by atoms with E-state index in [1.54, 1.807) is 12.4 Å². The van der Waals surface area contributed by atoms with Crippen molar-refractivity contribution in [3.05, 3.63) is 63.4 Å². The Morgan fingerprint density at radius 1 is 1.18 bits per heavy atom. The molecule has 1 aliphatic rings. The Hall–Kier alpha value is -2.84. The molecule has 6 heteroatoms. The van der Waals surface area contributed by atoms with E-state index in [1.165, 1.54) is 25.7 Å². The lowest BCUT2D eigenvalue weighted by Gasteiger charge is -2.22. The number of amides is 1. The number of hydrogen-bond acceptors (Lipinski definition) is 4. The SMILES string of the molecule is CC1CCCC(C)C1.CCC/C=C(\c1cc(C#N)c(C)cc1C)c1cncc(N)c1Cl.NC=O. The minimum Gasteiger partial charge on any atom is -0.396 e. The Balaban J connectivity index is 0.000000434. The number of nitrogens with zero attached hydrogens (tertiary/aromatic N) is 2. The number of aromatic nitrogens is 1. The number of aryl methyl sites for hydroxylation is 2. The van der Waals surface area contributed by atoms with Crippen molar-refractivity contribution in [2.75, 3.05) is 5.73 Å². The van der Waals surface area contributed by atoms with Crippen LogP contribution >= 0.6 is 11.6 Å². The van der Waals surface area contributed by atoms with Crippen molar-refractivity contribution in [3.8, 4) is 6.07 Å². The monoisotopic (exact) mass is 482 g/mol. The van der Waals surface area contributed by atoms with E-state index >= 15 is 0 Å². The lowest BCUT2D eigenvalue weighted by atomic mass is 9.84. The van der Waals surface area contributed by atoms with Gasteiger partial charge in [0, 0.05) is 11.8 Å². The van der Waals surface area contributed by atoms with Crippen LogP contribution in [0.2, 0.25) is 5.02 Å². The highest BCUT2D eigenvalue weighted by atomic mass is 35.5. The zero-order valence-corrected chi connectivity index (χ0v) is 22.0. The van der Waals surface area contributed by atoms with E-state index < -0.39 is 0 Å². The number of unbranched alkanes of at least 4 members (excludes halogenated alkanes) is 1. The quantitative estimate of drug-likeness (QED) is 0.458. The molecule has 4 N–H and O–H groups in total. The summed E-state index contributed by atoms with van der Waals surface area (Å²) < 4.78 is 0. The van der Waals surface area contributed by atoms with Crippen LogP contribution in [0, 0.1) is 37.0 Å². The lowest BCUT2D eigenvalue weighted by Crippen LogP contribution is -2.09. The number of hydrogen-bond donors (Lipinski definition) is 2. The molecular formula is C28H39ClN4O. The Labute approximate surface area is 210 Å². The van der Waals surface area contributed by atoms with E-state index in [0.717, 1.165) is 52.5 Å². The van der Waals surface area contributed by atoms with Gasteiger partial charge in [0.1, 0.15) is 0 Å². The van der Waals surface area contributed by atoms with Gasteiger partial charge in [0.15, 0.2) is 0 Å². The van der Waals surface area contributed by atoms with Crippen LogP contribution in [0.25, 0.3) is 5.57 Å². The number of halogens is 1. The van der Waals surface area contributed by atoms with Crippen LogP contribution in [-0.4, -0.2) is 11.4 Å². The maximum atomic E-state index is 9.33. The number of pyridine rings is 1. The third kappa shape index (κ3) is 8.83. The highest BCUT2D eigenvalue weighted by molar-refractivity contribution is 6.35. The van der Waals surface area contributed by atoms with Gasteiger partial charge < -0.3 is 11.5 Å². The number of carbonyl (C=O) groups is 1. The maximum absolute atomic E-state index is 9.33. The Kier molecular flexibility index (Phi) is 13.0. The fourth-order valence-electron chi connectivity index (χ4n) is 4.30. The Morgan fingerprint density at radius 2 is 1.79 bits per heavy atom. The van der Waals surface area contributed by atoms with Gasteiger partial charge in [0.2, 0.25) is 6.41 Å². The van der Waals surface area contributed by atoms with Gasteiger partial charge >= 0.3 is 0 Å². The van der Waals surface area contributed by atoms with E-state index in [2.05, 4.69) is 43.6 Å². The van der Waals surface area contributed by atoms with Gasteiger partial charge in [0.25, 0.3) is 0 Å². The molecule has 34 heavy (non-hydrogen) atoms. The van der Waals surface area contributed by atoms with Crippen molar-refractivity contribution in [3.63, 3.8) is 0 Å². The number of allylic oxidation sites excluding steroid dienone is 1. The summed E-state index contributed by atoms with van der Waals surface area (Å²) in [6, 6.07) is 6.20. The first-order valence-corrected chi connectivity index (χ1v) is 12.3. The van der Waals surface area contributed by atoms with E-state index in [-0.39, 0.29) is 6.41 Å². The van der Waals surface area contributed by atoms with Gasteiger partial charge in [-0.3, -0.25) is 9.78 Å². The number of nitrogens with two attached hydrogens (primary N) is 2. The number of primary amides is 1. The van der Waals surface area contributed by atoms with Gasteiger partial charge in [-0.1, -0.05) is 70.2 Å². The van der Waals surface area contributed by atoms with E-state index in [9.17, 15) is 5.26 Å². The molecule has 0 radical (unpaired) electrons. The minimum absolute atomic E-state index is 0.250. The number of anilines is 1. The minimum atomic E-state index is 0.250. The highest BCUT2D eigenvalue weighted by Gasteiger charge is 2.15. The smallest absolute Gasteiger partial charge is 0.204 e. The molecule has 1 saturated carbocycles. The standard InChI is InChI=1S/C19H20ClN3.C8H16.CH3NO/c1-4-5-6-15(17-10-23-11-18(22)19(17)20)16-8-14(9-21)12(2)7-13(16)3;1-7-4-3-5-8(2)6-7;2-1-3/h6-8,10-11H,4-5,22H2,1-3H3;7-8H,3-6H2,1-2H3;1H,(H2,2,3)/b15-6+;;. The summed E-state index contributed by atoms with van der Waals surface area (Å²) in [5, 5.41) is 9.83. The fourth-order valence-corrected chi connectivity index (χ4v) is 4.50. The molecule has 184 valence electrons. The van der Waals surface area contributed by atoms with E-state index in [1.807, 2.05) is 26.0 Å². The zero-order valence-electron chi connectivity index (χ0n) is 21.2. The largest absolute Gasteiger partial charge is 0.396 e. The van der Waals surface area contributed by atoms with Gasteiger partial charge in [0.05, 0.1) is 28.5 Å². The number of rotatable bonds is 4. The molecule has 3 rings (SSSR count). The molecule has 1 fully saturated rings. The summed E-state index contributed by atoms with van der Waals surface area (Å²) in [5.74, 6) is 2.03. The third-order valence-corrected chi connectivity index (χ3v) is 6.44. The van der Waals surface area contributed by atoms with Gasteiger partial charge in [-0.15, -0.1) is 0 Å². The molecule has 1 amide bonds. The molecule has 0 aliphatic heterocycles. The van der Waals surface area contributed by atoms with Crippen molar-refractivity contribution in [2.24, 2.45) is 17.6 Å². The highest BCUT2D eigenvalue weighted by Crippen LogP contribution is 2.35. The maximum Gasteiger partial charge on any atom is 0.204 e. The van der Waals surface area contributed by atoms with E-state index in [0.29, 0.717) is 16.3 Å². The number of carbonyl (C=O) groups excluding carboxylic acids is 1. The topological polar surface area (TPSA) is 106 Å². The van der Waals surface area contributed by atoms with Gasteiger partial charge in [-0.2, -0.15) is 5.26 Å². The Bertz CT molecular complexity index is 1000. The molecular weight excluding hydrogens is 444 g/mol. The summed E-state index contributed by atoms with van der Waals surface area (Å²) in [6.45, 7) is 10.8. The average Bonchev–Trinajstić information content (AvgIpc) is 2.78. The molecule has 0 saturated heterocycles. The summed E-state index contributed by atoms with van der Waals surface area (Å²) in [6.07, 6.45) is 13.5. The molecule has 0 bridgehead atoms. The third-order valence-electron chi connectivity index (χ3n) is 6.02. The van der Waals surface area contributed by atoms with Crippen LogP contribution in [-0.2, 0) is 4.79 Å². The average molecular weight is 483 g/mol. The molecule has 5 nitrogen and oxygen atoms in total. The molecule has 1 aromatic heterocycles. The van der Waals surface area contributed by atoms with Crippen molar-refractivity contribution >= 4 is 29.3 Å². The number of nitriles is 1. The van der Waals surface area contributed by atoms with Crippen molar-refractivity contribution in [1.82, 2.24) is 4.98 Å². The predicted molar refractivity (Wildman–Crippen MR) is 143 cm³/mol. The second kappa shape index (κ2) is 15.1. The second-order valence-electron chi connectivity index (χ2n) is 9.10. The fraction of sp³-hybridized carbons (Fsp3) is 0.464. The predicted octanol–water partition coefficient (Wildman–Crippen LogP) is 6.97. The summed E-state index contributed by atoms with van der Waals surface area (Å²) in [4.78, 5) is 12.8. The van der Waals surface area contributed by atoms with Crippen molar-refractivity contribution in [2.45, 2.75) is 73.1 Å². The van der Waals surface area contributed by atoms with Crippen molar-refractivity contribution < 1.29 is 4.79 Å². The van der Waals surface area contributed by atoms with Crippen molar-refractivity contribution in [1.29, 1.82) is 5.26 Å². The van der Waals surface area contributed by atoms with Crippen LogP contribution < -0.4 is 11.5 Å². The summed E-state index contributed by atoms with van der Waals surface area (Å²) in [7, 11) is 0. The zero-order chi connectivity index (χ0) is 25.7. The van der Waals surface area contributed by atoms with Crippen LogP contribution in [0.5, 0.6) is 0 Å². The molecule has 1 heterocycles. The normalized spacial score (nSPS) is 17.4. The lowest BCUT2D eigenvalue weighted by molar-refractivity contribution is -0.106. The molecule has 2 aromatic rings.